The molecule has 2 heteroatoms. The molecule has 0 saturated heterocycles. The molecule has 0 fully saturated rings. The lowest BCUT2D eigenvalue weighted by atomic mass is 10.3. The van der Waals surface area contributed by atoms with E-state index < -0.39 is 0 Å². The van der Waals surface area contributed by atoms with Crippen LogP contribution in [0.3, 0.4) is 0 Å². The fraction of sp³-hybridized carbons (Fsp3) is 0.500. The average molecular weight is 192 g/mol. The quantitative estimate of drug-likeness (QED) is 0.669. The zero-order valence-electron chi connectivity index (χ0n) is 8.75. The highest BCUT2D eigenvalue weighted by atomic mass is 16.5. The molecule has 77 valence electrons. The third kappa shape index (κ3) is 4.87. The van der Waals surface area contributed by atoms with Gasteiger partial charge in [0.15, 0.2) is 0 Å². The molecule has 0 atom stereocenters. The van der Waals surface area contributed by atoms with Gasteiger partial charge in [-0.15, -0.1) is 0 Å². The number of hydrogen-bond donors (Lipinski definition) is 1. The summed E-state index contributed by atoms with van der Waals surface area (Å²) in [7, 11) is 0. The van der Waals surface area contributed by atoms with Crippen LogP contribution in [0.15, 0.2) is 24.3 Å². The van der Waals surface area contributed by atoms with Crippen molar-refractivity contribution in [2.24, 2.45) is 0 Å². The van der Waals surface area contributed by atoms with E-state index in [0.29, 0.717) is 0 Å². The molecule has 0 aliphatic rings. The Labute approximate surface area is 86.3 Å². The Bertz CT molecular complexity index is 223. The van der Waals surface area contributed by atoms with E-state index >= 15 is 0 Å². The normalized spacial score (nSPS) is 10.1. The van der Waals surface area contributed by atoms with Crippen LogP contribution in [0.25, 0.3) is 0 Å². The summed E-state index contributed by atoms with van der Waals surface area (Å²) in [5, 5.41) is 3.33. The summed E-state index contributed by atoms with van der Waals surface area (Å²) in [4.78, 5) is 0. The van der Waals surface area contributed by atoms with E-state index in [4.69, 9.17) is 4.74 Å². The number of para-hydroxylation sites is 1. The highest BCUT2D eigenvalue weighted by Crippen LogP contribution is 2.06. The van der Waals surface area contributed by atoms with Gasteiger partial charge in [-0.3, -0.25) is 0 Å². The van der Waals surface area contributed by atoms with Crippen molar-refractivity contribution in [3.63, 3.8) is 0 Å². The van der Waals surface area contributed by atoms with Crippen LogP contribution < -0.4 is 10.1 Å². The van der Waals surface area contributed by atoms with Gasteiger partial charge >= 0.3 is 0 Å². The molecule has 0 aliphatic carbocycles. The van der Waals surface area contributed by atoms with Crippen molar-refractivity contribution in [3.05, 3.63) is 30.3 Å². The molecule has 0 aromatic heterocycles. The number of rotatable bonds is 7. The van der Waals surface area contributed by atoms with E-state index in [9.17, 15) is 0 Å². The minimum absolute atomic E-state index is 0.761. The first-order chi connectivity index (χ1) is 6.93. The first kappa shape index (κ1) is 11.1. The van der Waals surface area contributed by atoms with Crippen LogP contribution in [0, 0.1) is 6.07 Å². The predicted molar refractivity (Wildman–Crippen MR) is 58.6 cm³/mol. The van der Waals surface area contributed by atoms with Gasteiger partial charge in [-0.25, -0.2) is 0 Å². The molecule has 14 heavy (non-hydrogen) atoms. The second kappa shape index (κ2) is 7.39. The van der Waals surface area contributed by atoms with Crippen molar-refractivity contribution in [2.75, 3.05) is 19.7 Å². The molecule has 0 bridgehead atoms. The Hall–Kier alpha value is -1.02. The Kier molecular flexibility index (Phi) is 5.84. The van der Waals surface area contributed by atoms with E-state index in [0.717, 1.165) is 31.9 Å². The third-order valence-corrected chi connectivity index (χ3v) is 1.86. The van der Waals surface area contributed by atoms with E-state index in [1.165, 1.54) is 6.42 Å². The minimum Gasteiger partial charge on any atom is -0.493 e. The molecule has 1 aromatic carbocycles. The molecule has 0 aliphatic heterocycles. The van der Waals surface area contributed by atoms with Gasteiger partial charge in [0, 0.05) is 6.07 Å². The lowest BCUT2D eigenvalue weighted by molar-refractivity contribution is 0.307. The Morgan fingerprint density at radius 3 is 3.00 bits per heavy atom. The van der Waals surface area contributed by atoms with Gasteiger partial charge in [0.25, 0.3) is 0 Å². The molecular weight excluding hydrogens is 174 g/mol. The van der Waals surface area contributed by atoms with Crippen molar-refractivity contribution >= 4 is 0 Å². The van der Waals surface area contributed by atoms with Gasteiger partial charge in [0.1, 0.15) is 5.75 Å². The van der Waals surface area contributed by atoms with E-state index in [1.807, 2.05) is 24.3 Å². The van der Waals surface area contributed by atoms with Crippen molar-refractivity contribution in [1.82, 2.24) is 5.32 Å². The molecule has 1 aromatic rings. The van der Waals surface area contributed by atoms with Crippen LogP contribution in [-0.2, 0) is 0 Å². The van der Waals surface area contributed by atoms with Gasteiger partial charge in [-0.1, -0.05) is 25.1 Å². The van der Waals surface area contributed by atoms with Crippen molar-refractivity contribution in [3.8, 4) is 5.75 Å². The molecule has 0 heterocycles. The third-order valence-electron chi connectivity index (χ3n) is 1.86. The Morgan fingerprint density at radius 2 is 2.29 bits per heavy atom. The Balaban J connectivity index is 1.99. The van der Waals surface area contributed by atoms with Crippen LogP contribution in [0.2, 0.25) is 0 Å². The standard InChI is InChI=1S/C12H18NO/c1-2-9-13-10-6-11-14-12-7-4-3-5-8-12/h3-5,7,13H,2,6,9-11H2,1H3. The van der Waals surface area contributed by atoms with Gasteiger partial charge in [-0.2, -0.15) is 0 Å². The van der Waals surface area contributed by atoms with E-state index in [1.54, 1.807) is 0 Å². The van der Waals surface area contributed by atoms with E-state index in [2.05, 4.69) is 18.3 Å². The Morgan fingerprint density at radius 1 is 1.36 bits per heavy atom. The summed E-state index contributed by atoms with van der Waals surface area (Å²) in [5.74, 6) is 0.836. The van der Waals surface area contributed by atoms with E-state index in [-0.39, 0.29) is 0 Å². The van der Waals surface area contributed by atoms with Gasteiger partial charge < -0.3 is 10.1 Å². The number of hydrogen-bond acceptors (Lipinski definition) is 2. The topological polar surface area (TPSA) is 21.3 Å². The zero-order valence-corrected chi connectivity index (χ0v) is 8.75. The molecule has 1 radical (unpaired) electrons. The van der Waals surface area contributed by atoms with Crippen molar-refractivity contribution in [1.29, 1.82) is 0 Å². The fourth-order valence-electron chi connectivity index (χ4n) is 1.15. The molecule has 0 unspecified atom stereocenters. The predicted octanol–water partition coefficient (Wildman–Crippen LogP) is 2.26. The largest absolute Gasteiger partial charge is 0.493 e. The molecule has 0 spiro atoms. The number of ether oxygens (including phenoxy) is 1. The monoisotopic (exact) mass is 192 g/mol. The summed E-state index contributed by atoms with van der Waals surface area (Å²) in [6.45, 7) is 5.05. The minimum atomic E-state index is 0.761. The lowest BCUT2D eigenvalue weighted by Gasteiger charge is -2.05. The maximum Gasteiger partial charge on any atom is 0.127 e. The average Bonchev–Trinajstić information content (AvgIpc) is 2.25. The van der Waals surface area contributed by atoms with Crippen LogP contribution in [-0.4, -0.2) is 19.7 Å². The van der Waals surface area contributed by atoms with Gasteiger partial charge in [0.05, 0.1) is 6.61 Å². The molecular formula is C12H18NO. The number of benzene rings is 1. The summed E-state index contributed by atoms with van der Waals surface area (Å²) in [6, 6.07) is 10.7. The van der Waals surface area contributed by atoms with Gasteiger partial charge in [0.2, 0.25) is 0 Å². The fourth-order valence-corrected chi connectivity index (χ4v) is 1.15. The summed E-state index contributed by atoms with van der Waals surface area (Å²) < 4.78 is 5.49. The first-order valence-electron chi connectivity index (χ1n) is 5.23. The van der Waals surface area contributed by atoms with Crippen molar-refractivity contribution < 1.29 is 4.74 Å². The van der Waals surface area contributed by atoms with Crippen LogP contribution in [0.4, 0.5) is 0 Å². The van der Waals surface area contributed by atoms with Crippen LogP contribution >= 0.6 is 0 Å². The molecule has 0 amide bonds. The smallest absolute Gasteiger partial charge is 0.127 e. The summed E-state index contributed by atoms with van der Waals surface area (Å²) >= 11 is 0. The SMILES string of the molecule is CCCNCCCOc1[c]cccc1. The summed E-state index contributed by atoms with van der Waals surface area (Å²) in [5.41, 5.74) is 0. The highest BCUT2D eigenvalue weighted by Gasteiger charge is 1.91. The maximum absolute atomic E-state index is 5.49. The van der Waals surface area contributed by atoms with Gasteiger partial charge in [-0.05, 0) is 32.0 Å². The number of nitrogens with one attached hydrogen (secondary N) is 1. The zero-order chi connectivity index (χ0) is 10.1. The molecule has 0 saturated carbocycles. The molecule has 1 N–H and O–H groups in total. The van der Waals surface area contributed by atoms with Crippen LogP contribution in [0.5, 0.6) is 5.75 Å². The van der Waals surface area contributed by atoms with Crippen LogP contribution in [0.1, 0.15) is 19.8 Å². The first-order valence-corrected chi connectivity index (χ1v) is 5.23. The second-order valence-electron chi connectivity index (χ2n) is 3.18. The highest BCUT2D eigenvalue weighted by molar-refractivity contribution is 5.19. The molecule has 1 rings (SSSR count). The summed E-state index contributed by atoms with van der Waals surface area (Å²) in [6.07, 6.45) is 2.23. The van der Waals surface area contributed by atoms with Crippen molar-refractivity contribution in [2.45, 2.75) is 19.8 Å². The maximum atomic E-state index is 5.49. The molecule has 2 nitrogen and oxygen atoms in total. The lowest BCUT2D eigenvalue weighted by Crippen LogP contribution is -2.17. The second-order valence-corrected chi connectivity index (χ2v) is 3.18.